The van der Waals surface area contributed by atoms with Crippen LogP contribution in [-0.2, 0) is 6.54 Å². The number of nitrogens with one attached hydrogen (secondary N) is 1. The Kier molecular flexibility index (Phi) is 6.36. The van der Waals surface area contributed by atoms with E-state index in [1.54, 1.807) is 6.07 Å². The van der Waals surface area contributed by atoms with Crippen LogP contribution < -0.4 is 10.1 Å². The maximum absolute atomic E-state index is 12.3. The highest BCUT2D eigenvalue weighted by Crippen LogP contribution is 2.51. The van der Waals surface area contributed by atoms with E-state index >= 15 is 0 Å². The van der Waals surface area contributed by atoms with Gasteiger partial charge in [0.05, 0.1) is 0 Å². The summed E-state index contributed by atoms with van der Waals surface area (Å²) in [7, 11) is 0. The molecule has 3 rings (SSSR count). The van der Waals surface area contributed by atoms with E-state index in [9.17, 15) is 13.2 Å². The minimum Gasteiger partial charge on any atom is -0.406 e. The molecule has 3 nitrogen and oxygen atoms in total. The molecule has 0 spiro atoms. The maximum atomic E-state index is 12.3. The number of piperidine rings is 1. The molecule has 27 heavy (non-hydrogen) atoms. The minimum atomic E-state index is -4.64. The van der Waals surface area contributed by atoms with E-state index in [-0.39, 0.29) is 5.75 Å². The summed E-state index contributed by atoms with van der Waals surface area (Å²) in [5.41, 5.74) is 0.812. The van der Waals surface area contributed by atoms with Gasteiger partial charge >= 0.3 is 6.36 Å². The summed E-state index contributed by atoms with van der Waals surface area (Å²) < 4.78 is 40.9. The van der Waals surface area contributed by atoms with Crippen molar-refractivity contribution < 1.29 is 17.9 Å². The average molecular weight is 384 g/mol. The van der Waals surface area contributed by atoms with Crippen molar-refractivity contribution in [2.24, 2.45) is 29.6 Å². The standard InChI is InChI=1S/C21H31F3N2O/c1-4-16(14(2)3)11-26-12-19-18(20(19)13-26)10-25-9-15-6-5-7-17(8-15)27-21(22,23)24/h5-8,14,16,18-20,25H,4,9-13H2,1-3H3. The molecule has 0 bridgehead atoms. The van der Waals surface area contributed by atoms with Crippen LogP contribution in [0, 0.1) is 29.6 Å². The van der Waals surface area contributed by atoms with Crippen LogP contribution in [-0.4, -0.2) is 37.4 Å². The molecule has 1 heterocycles. The number of ether oxygens (including phenoxy) is 1. The molecule has 1 aromatic carbocycles. The summed E-state index contributed by atoms with van der Waals surface area (Å²) in [6.07, 6.45) is -3.40. The molecule has 2 fully saturated rings. The first-order chi connectivity index (χ1) is 12.8. The second-order valence-electron chi connectivity index (χ2n) is 8.45. The van der Waals surface area contributed by atoms with Gasteiger partial charge in [0, 0.05) is 26.2 Å². The Hall–Kier alpha value is -1.27. The van der Waals surface area contributed by atoms with Crippen molar-refractivity contribution in [1.29, 1.82) is 0 Å². The first kappa shape index (κ1) is 20.5. The molecule has 1 aliphatic heterocycles. The van der Waals surface area contributed by atoms with Crippen LogP contribution >= 0.6 is 0 Å². The molecular formula is C21H31F3N2O. The van der Waals surface area contributed by atoms with Crippen molar-refractivity contribution >= 4 is 0 Å². The third-order valence-corrected chi connectivity index (χ3v) is 6.25. The van der Waals surface area contributed by atoms with Gasteiger partial charge in [-0.3, -0.25) is 0 Å². The van der Waals surface area contributed by atoms with Crippen LogP contribution in [0.1, 0.15) is 32.8 Å². The fourth-order valence-electron chi connectivity index (χ4n) is 4.57. The summed E-state index contributed by atoms with van der Waals surface area (Å²) >= 11 is 0. The van der Waals surface area contributed by atoms with Crippen molar-refractivity contribution in [3.05, 3.63) is 29.8 Å². The fourth-order valence-corrected chi connectivity index (χ4v) is 4.57. The zero-order chi connectivity index (χ0) is 19.6. The third kappa shape index (κ3) is 5.61. The average Bonchev–Trinajstić information content (AvgIpc) is 3.03. The largest absolute Gasteiger partial charge is 0.573 e. The van der Waals surface area contributed by atoms with Gasteiger partial charge in [0.1, 0.15) is 5.75 Å². The predicted octanol–water partition coefficient (Wildman–Crippen LogP) is 4.53. The molecule has 0 radical (unpaired) electrons. The van der Waals surface area contributed by atoms with E-state index in [4.69, 9.17) is 0 Å². The molecule has 1 aromatic rings. The molecule has 2 aliphatic rings. The molecule has 1 N–H and O–H groups in total. The number of nitrogens with zero attached hydrogens (tertiary/aromatic N) is 1. The molecule has 0 amide bonds. The normalized spacial score (nSPS) is 26.3. The zero-order valence-electron chi connectivity index (χ0n) is 16.4. The van der Waals surface area contributed by atoms with Gasteiger partial charge in [-0.15, -0.1) is 13.2 Å². The SMILES string of the molecule is CCC(CN1CC2C(CNCc3cccc(OC(F)(F)F)c3)C2C1)C(C)C. The molecule has 6 heteroatoms. The fraction of sp³-hybridized carbons (Fsp3) is 0.714. The van der Waals surface area contributed by atoms with Gasteiger partial charge in [-0.25, -0.2) is 0 Å². The zero-order valence-corrected chi connectivity index (χ0v) is 16.4. The molecule has 3 unspecified atom stereocenters. The lowest BCUT2D eigenvalue weighted by Crippen LogP contribution is -2.33. The Bertz CT molecular complexity index is 608. The van der Waals surface area contributed by atoms with Gasteiger partial charge in [-0.05, 0) is 53.8 Å². The predicted molar refractivity (Wildman–Crippen MR) is 100 cm³/mol. The molecule has 152 valence electrons. The second-order valence-corrected chi connectivity index (χ2v) is 8.45. The Morgan fingerprint density at radius 2 is 1.93 bits per heavy atom. The van der Waals surface area contributed by atoms with Crippen LogP contribution in [0.25, 0.3) is 0 Å². The number of likely N-dealkylation sites (tertiary alicyclic amines) is 1. The summed E-state index contributed by atoms with van der Waals surface area (Å²) in [6.45, 7) is 12.0. The van der Waals surface area contributed by atoms with E-state index in [0.717, 1.165) is 41.7 Å². The number of rotatable bonds is 9. The van der Waals surface area contributed by atoms with E-state index in [1.165, 1.54) is 38.2 Å². The van der Waals surface area contributed by atoms with Crippen molar-refractivity contribution in [1.82, 2.24) is 10.2 Å². The number of halogens is 3. The van der Waals surface area contributed by atoms with Gasteiger partial charge in [-0.1, -0.05) is 39.3 Å². The highest BCUT2D eigenvalue weighted by Gasteiger charge is 2.54. The first-order valence-corrected chi connectivity index (χ1v) is 10.0. The Balaban J connectivity index is 1.37. The topological polar surface area (TPSA) is 24.5 Å². The number of benzene rings is 1. The van der Waals surface area contributed by atoms with E-state index in [0.29, 0.717) is 6.54 Å². The van der Waals surface area contributed by atoms with E-state index < -0.39 is 6.36 Å². The van der Waals surface area contributed by atoms with Gasteiger partial charge in [0.15, 0.2) is 0 Å². The van der Waals surface area contributed by atoms with Crippen LogP contribution in [0.5, 0.6) is 5.75 Å². The Morgan fingerprint density at radius 1 is 1.22 bits per heavy atom. The van der Waals surface area contributed by atoms with Crippen LogP contribution in [0.2, 0.25) is 0 Å². The highest BCUT2D eigenvalue weighted by atomic mass is 19.4. The van der Waals surface area contributed by atoms with Gasteiger partial charge < -0.3 is 15.0 Å². The molecular weight excluding hydrogens is 353 g/mol. The van der Waals surface area contributed by atoms with Crippen molar-refractivity contribution in [2.45, 2.75) is 40.1 Å². The molecule has 1 aliphatic carbocycles. The molecule has 1 saturated heterocycles. The number of alkyl halides is 3. The maximum Gasteiger partial charge on any atom is 0.573 e. The number of hydrogen-bond acceptors (Lipinski definition) is 3. The van der Waals surface area contributed by atoms with Crippen LogP contribution in [0.15, 0.2) is 24.3 Å². The van der Waals surface area contributed by atoms with E-state index in [1.807, 2.05) is 6.07 Å². The van der Waals surface area contributed by atoms with Crippen LogP contribution in [0.4, 0.5) is 13.2 Å². The summed E-state index contributed by atoms with van der Waals surface area (Å²) in [6, 6.07) is 6.20. The van der Waals surface area contributed by atoms with Gasteiger partial charge in [-0.2, -0.15) is 0 Å². The van der Waals surface area contributed by atoms with Crippen molar-refractivity contribution in [2.75, 3.05) is 26.2 Å². The van der Waals surface area contributed by atoms with Crippen molar-refractivity contribution in [3.63, 3.8) is 0 Å². The quantitative estimate of drug-likeness (QED) is 0.677. The Morgan fingerprint density at radius 3 is 2.52 bits per heavy atom. The summed E-state index contributed by atoms with van der Waals surface area (Å²) in [5.74, 6) is 3.67. The number of fused-ring (bicyclic) bond motifs is 1. The van der Waals surface area contributed by atoms with Crippen molar-refractivity contribution in [3.8, 4) is 5.75 Å². The highest BCUT2D eigenvalue weighted by molar-refractivity contribution is 5.28. The lowest BCUT2D eigenvalue weighted by atomic mass is 9.93. The van der Waals surface area contributed by atoms with E-state index in [2.05, 4.69) is 35.7 Å². The lowest BCUT2D eigenvalue weighted by molar-refractivity contribution is -0.274. The lowest BCUT2D eigenvalue weighted by Gasteiger charge is -2.27. The second kappa shape index (κ2) is 8.39. The minimum absolute atomic E-state index is 0.156. The van der Waals surface area contributed by atoms with Crippen LogP contribution in [0.3, 0.4) is 0 Å². The Labute approximate surface area is 160 Å². The molecule has 1 saturated carbocycles. The number of hydrogen-bond donors (Lipinski definition) is 1. The first-order valence-electron chi connectivity index (χ1n) is 10.0. The molecule has 0 aromatic heterocycles. The van der Waals surface area contributed by atoms with Gasteiger partial charge in [0.25, 0.3) is 0 Å². The monoisotopic (exact) mass is 384 g/mol. The smallest absolute Gasteiger partial charge is 0.406 e. The molecule has 3 atom stereocenters. The summed E-state index contributed by atoms with van der Waals surface area (Å²) in [4.78, 5) is 2.62. The van der Waals surface area contributed by atoms with Gasteiger partial charge in [0.2, 0.25) is 0 Å². The third-order valence-electron chi connectivity index (χ3n) is 6.25. The summed E-state index contributed by atoms with van der Waals surface area (Å²) in [5, 5.41) is 3.41.